The number of benzene rings is 1. The van der Waals surface area contributed by atoms with Crippen LogP contribution in [-0.2, 0) is 14.3 Å². The van der Waals surface area contributed by atoms with Crippen LogP contribution >= 0.6 is 0 Å². The number of nitrogens with zero attached hydrogens (tertiary/aromatic N) is 2. The molecule has 0 radical (unpaired) electrons. The molecule has 0 aromatic heterocycles. The summed E-state index contributed by atoms with van der Waals surface area (Å²) in [6.07, 6.45) is 3.35. The van der Waals surface area contributed by atoms with Crippen molar-refractivity contribution in [3.05, 3.63) is 35.4 Å². The van der Waals surface area contributed by atoms with Crippen LogP contribution in [-0.4, -0.2) is 47.7 Å². The number of rotatable bonds is 5. The zero-order chi connectivity index (χ0) is 17.5. The number of carbonyl (C=O) groups excluding carboxylic acids is 2. The second-order valence-corrected chi connectivity index (χ2v) is 5.22. The summed E-state index contributed by atoms with van der Waals surface area (Å²) in [6, 6.07) is 6.74. The standard InChI is InChI=1S/C17H19N3O4/c1-24-16(23)6-5-15(22)20-8-7-13(17(20)19-11-18)9-12-3-2-4-14(21)10-12/h2-4,9-11,18,21H,5-8H2,1H3/b13-9+,18-11?,19-17+. The van der Waals surface area contributed by atoms with E-state index in [4.69, 9.17) is 5.41 Å². The molecule has 24 heavy (non-hydrogen) atoms. The van der Waals surface area contributed by atoms with Gasteiger partial charge in [-0.25, -0.2) is 4.99 Å². The SMILES string of the molecule is COC(=O)CCC(=O)N1CCC(=C\c2cccc(O)c2)/C1=N\C=N. The lowest BCUT2D eigenvalue weighted by Gasteiger charge is -2.16. The Morgan fingerprint density at radius 3 is 2.88 bits per heavy atom. The van der Waals surface area contributed by atoms with Crippen LogP contribution in [0.4, 0.5) is 0 Å². The summed E-state index contributed by atoms with van der Waals surface area (Å²) in [7, 11) is 1.28. The van der Waals surface area contributed by atoms with E-state index in [2.05, 4.69) is 9.73 Å². The molecule has 1 aliphatic rings. The molecular weight excluding hydrogens is 310 g/mol. The van der Waals surface area contributed by atoms with Crippen molar-refractivity contribution in [3.63, 3.8) is 0 Å². The van der Waals surface area contributed by atoms with E-state index in [-0.39, 0.29) is 24.5 Å². The van der Waals surface area contributed by atoms with Crippen molar-refractivity contribution in [1.29, 1.82) is 5.41 Å². The highest BCUT2D eigenvalue weighted by Gasteiger charge is 2.29. The fourth-order valence-electron chi connectivity index (χ4n) is 2.48. The maximum atomic E-state index is 12.3. The minimum absolute atomic E-state index is 0.00923. The zero-order valence-electron chi connectivity index (χ0n) is 13.4. The van der Waals surface area contributed by atoms with E-state index in [1.807, 2.05) is 12.1 Å². The first-order valence-electron chi connectivity index (χ1n) is 7.49. The van der Waals surface area contributed by atoms with Crippen LogP contribution in [0.25, 0.3) is 6.08 Å². The lowest BCUT2D eigenvalue weighted by atomic mass is 10.1. The van der Waals surface area contributed by atoms with Gasteiger partial charge in [-0.1, -0.05) is 12.1 Å². The van der Waals surface area contributed by atoms with Crippen molar-refractivity contribution in [2.24, 2.45) is 4.99 Å². The van der Waals surface area contributed by atoms with Gasteiger partial charge in [0.1, 0.15) is 17.9 Å². The predicted octanol–water partition coefficient (Wildman–Crippen LogP) is 1.97. The quantitative estimate of drug-likeness (QED) is 0.489. The van der Waals surface area contributed by atoms with Gasteiger partial charge in [-0.3, -0.25) is 19.9 Å². The molecular formula is C17H19N3O4. The number of amidine groups is 1. The number of esters is 1. The summed E-state index contributed by atoms with van der Waals surface area (Å²) in [5, 5.41) is 16.7. The molecule has 0 bridgehead atoms. The third kappa shape index (κ3) is 4.28. The van der Waals surface area contributed by atoms with Gasteiger partial charge in [0.25, 0.3) is 0 Å². The Labute approximate surface area is 139 Å². The normalized spacial score (nSPS) is 17.3. The Morgan fingerprint density at radius 1 is 1.42 bits per heavy atom. The molecule has 7 heteroatoms. The van der Waals surface area contributed by atoms with Crippen molar-refractivity contribution in [2.75, 3.05) is 13.7 Å². The molecule has 1 aromatic carbocycles. The number of aliphatic imine (C=N–C) groups is 1. The van der Waals surface area contributed by atoms with E-state index in [0.717, 1.165) is 17.5 Å². The number of hydrogen-bond donors (Lipinski definition) is 2. The van der Waals surface area contributed by atoms with Crippen LogP contribution in [0.15, 0.2) is 34.8 Å². The highest BCUT2D eigenvalue weighted by molar-refractivity contribution is 6.14. The minimum Gasteiger partial charge on any atom is -0.508 e. The number of phenols is 1. The van der Waals surface area contributed by atoms with Crippen molar-refractivity contribution < 1.29 is 19.4 Å². The van der Waals surface area contributed by atoms with Gasteiger partial charge >= 0.3 is 5.97 Å². The first-order valence-corrected chi connectivity index (χ1v) is 7.49. The smallest absolute Gasteiger partial charge is 0.306 e. The molecule has 126 valence electrons. The molecule has 0 saturated carbocycles. The summed E-state index contributed by atoms with van der Waals surface area (Å²) in [5.74, 6) is -0.119. The second-order valence-electron chi connectivity index (χ2n) is 5.22. The number of hydrogen-bond acceptors (Lipinski definition) is 5. The fourth-order valence-corrected chi connectivity index (χ4v) is 2.48. The number of aromatic hydroxyl groups is 1. The third-order valence-electron chi connectivity index (χ3n) is 3.62. The molecule has 1 saturated heterocycles. The van der Waals surface area contributed by atoms with E-state index >= 15 is 0 Å². The topological polar surface area (TPSA) is 103 Å². The Kier molecular flexibility index (Phi) is 5.83. The molecule has 1 aromatic rings. The number of ether oxygens (including phenoxy) is 1. The predicted molar refractivity (Wildman–Crippen MR) is 89.9 cm³/mol. The van der Waals surface area contributed by atoms with Crippen LogP contribution in [0, 0.1) is 5.41 Å². The maximum absolute atomic E-state index is 12.3. The van der Waals surface area contributed by atoms with Crippen molar-refractivity contribution in [2.45, 2.75) is 19.3 Å². The molecule has 1 amide bonds. The maximum Gasteiger partial charge on any atom is 0.306 e. The van der Waals surface area contributed by atoms with Gasteiger partial charge in [0, 0.05) is 13.0 Å². The van der Waals surface area contributed by atoms with E-state index < -0.39 is 5.97 Å². The molecule has 0 spiro atoms. The number of likely N-dealkylation sites (tertiary alicyclic amines) is 1. The van der Waals surface area contributed by atoms with Crippen molar-refractivity contribution >= 4 is 30.1 Å². The summed E-state index contributed by atoms with van der Waals surface area (Å²) in [5.41, 5.74) is 1.59. The van der Waals surface area contributed by atoms with Gasteiger partial charge in [0.15, 0.2) is 0 Å². The molecule has 2 N–H and O–H groups in total. The van der Waals surface area contributed by atoms with Crippen molar-refractivity contribution in [3.8, 4) is 5.75 Å². The molecule has 1 heterocycles. The van der Waals surface area contributed by atoms with Gasteiger partial charge in [-0.2, -0.15) is 0 Å². The molecule has 0 aliphatic carbocycles. The first kappa shape index (κ1) is 17.4. The Bertz CT molecular complexity index is 710. The Balaban J connectivity index is 2.18. The number of amides is 1. The van der Waals surface area contributed by atoms with Gasteiger partial charge in [-0.05, 0) is 35.8 Å². The third-order valence-corrected chi connectivity index (χ3v) is 3.62. The van der Waals surface area contributed by atoms with E-state index in [0.29, 0.717) is 18.8 Å². The van der Waals surface area contributed by atoms with Crippen LogP contribution < -0.4 is 0 Å². The Morgan fingerprint density at radius 2 is 2.21 bits per heavy atom. The lowest BCUT2D eigenvalue weighted by molar-refractivity contribution is -0.142. The highest BCUT2D eigenvalue weighted by atomic mass is 16.5. The summed E-state index contributed by atoms with van der Waals surface area (Å²) >= 11 is 0. The van der Waals surface area contributed by atoms with Gasteiger partial charge in [0.2, 0.25) is 5.91 Å². The minimum atomic E-state index is -0.441. The number of carbonyl (C=O) groups is 2. The van der Waals surface area contributed by atoms with E-state index in [1.54, 1.807) is 18.2 Å². The van der Waals surface area contributed by atoms with Crippen LogP contribution in [0.2, 0.25) is 0 Å². The first-order chi connectivity index (χ1) is 11.5. The lowest BCUT2D eigenvalue weighted by Crippen LogP contribution is -2.32. The van der Waals surface area contributed by atoms with Gasteiger partial charge < -0.3 is 9.84 Å². The number of phenolic OH excluding ortho intramolecular Hbond substituents is 1. The van der Waals surface area contributed by atoms with E-state index in [9.17, 15) is 14.7 Å². The molecule has 2 rings (SSSR count). The van der Waals surface area contributed by atoms with Crippen molar-refractivity contribution in [1.82, 2.24) is 4.90 Å². The van der Waals surface area contributed by atoms with Crippen LogP contribution in [0.5, 0.6) is 5.75 Å². The van der Waals surface area contributed by atoms with Gasteiger partial charge in [0.05, 0.1) is 13.5 Å². The molecule has 1 aliphatic heterocycles. The zero-order valence-corrected chi connectivity index (χ0v) is 13.4. The van der Waals surface area contributed by atoms with Crippen LogP contribution in [0.3, 0.4) is 0 Å². The Hall–Kier alpha value is -2.96. The summed E-state index contributed by atoms with van der Waals surface area (Å²) < 4.78 is 4.54. The fraction of sp³-hybridized carbons (Fsp3) is 0.294. The largest absolute Gasteiger partial charge is 0.508 e. The summed E-state index contributed by atoms with van der Waals surface area (Å²) in [6.45, 7) is 0.442. The highest BCUT2D eigenvalue weighted by Crippen LogP contribution is 2.24. The molecule has 0 atom stereocenters. The summed E-state index contributed by atoms with van der Waals surface area (Å²) in [4.78, 5) is 28.9. The second kappa shape index (κ2) is 8.05. The van der Waals surface area contributed by atoms with Crippen LogP contribution in [0.1, 0.15) is 24.8 Å². The molecule has 1 fully saturated rings. The molecule has 0 unspecified atom stereocenters. The number of methoxy groups -OCH3 is 1. The average Bonchev–Trinajstić information content (AvgIpc) is 2.95. The van der Waals surface area contributed by atoms with Gasteiger partial charge in [-0.15, -0.1) is 0 Å². The monoisotopic (exact) mass is 329 g/mol. The average molecular weight is 329 g/mol. The van der Waals surface area contributed by atoms with E-state index in [1.165, 1.54) is 12.0 Å². The number of nitrogens with one attached hydrogen (secondary N) is 1. The molecule has 7 nitrogen and oxygen atoms in total.